The van der Waals surface area contributed by atoms with Crippen LogP contribution in [0, 0.1) is 11.6 Å². The molecular formula is C52H69F2N5O9. The molecule has 370 valence electrons. The number of ether oxygens (including phenoxy) is 3. The van der Waals surface area contributed by atoms with Crippen molar-refractivity contribution in [1.82, 2.24) is 24.9 Å². The van der Waals surface area contributed by atoms with E-state index in [2.05, 4.69) is 18.5 Å². The van der Waals surface area contributed by atoms with E-state index < -0.39 is 76.9 Å². The average molecular weight is 946 g/mol. The summed E-state index contributed by atoms with van der Waals surface area (Å²) in [5.74, 6) is -2.36. The van der Waals surface area contributed by atoms with E-state index in [9.17, 15) is 37.9 Å². The van der Waals surface area contributed by atoms with E-state index in [0.29, 0.717) is 25.6 Å². The SMILES string of the molecule is C=CC[C@H]1CN(Cc2ccccc2)C(=O)CN1C(=O)OC(C)(C)C.C=CC[C@H]1CN(Cc2ccccc2)C(=O)[C@H](C(O)[C@H](Cc2cc(F)cc(F)c2)NC(=O)OC(C)(C)C)N1C(=O)OC(C)(C)C. The number of aliphatic hydroxyl groups excluding tert-OH is 1. The lowest BCUT2D eigenvalue weighted by atomic mass is 9.91. The van der Waals surface area contributed by atoms with Gasteiger partial charge in [0.25, 0.3) is 0 Å². The van der Waals surface area contributed by atoms with Crippen molar-refractivity contribution in [2.75, 3.05) is 19.6 Å². The molecule has 14 nitrogen and oxygen atoms in total. The Kier molecular flexibility index (Phi) is 18.9. The van der Waals surface area contributed by atoms with E-state index >= 15 is 0 Å². The number of rotatable bonds is 13. The van der Waals surface area contributed by atoms with Crippen molar-refractivity contribution in [2.24, 2.45) is 0 Å². The molecular weight excluding hydrogens is 877 g/mol. The van der Waals surface area contributed by atoms with Crippen LogP contribution in [0.5, 0.6) is 0 Å². The van der Waals surface area contributed by atoms with Crippen molar-refractivity contribution in [3.05, 3.63) is 132 Å². The fourth-order valence-corrected chi connectivity index (χ4v) is 7.81. The van der Waals surface area contributed by atoms with Gasteiger partial charge in [0.05, 0.1) is 18.1 Å². The van der Waals surface area contributed by atoms with Crippen LogP contribution in [-0.4, -0.2) is 122 Å². The number of carbonyl (C=O) groups is 5. The third-order valence-electron chi connectivity index (χ3n) is 10.6. The van der Waals surface area contributed by atoms with Crippen LogP contribution >= 0.6 is 0 Å². The maximum atomic E-state index is 14.2. The first-order chi connectivity index (χ1) is 31.8. The topological polar surface area (TPSA) is 158 Å². The van der Waals surface area contributed by atoms with Crippen molar-refractivity contribution >= 4 is 30.1 Å². The smallest absolute Gasteiger partial charge is 0.411 e. The van der Waals surface area contributed by atoms with Crippen molar-refractivity contribution in [1.29, 1.82) is 0 Å². The largest absolute Gasteiger partial charge is 0.444 e. The number of aliphatic hydroxyl groups is 1. The van der Waals surface area contributed by atoms with Gasteiger partial charge in [-0.3, -0.25) is 19.4 Å². The Hall–Kier alpha value is -6.29. The lowest BCUT2D eigenvalue weighted by Crippen LogP contribution is -2.69. The molecule has 0 saturated carbocycles. The first kappa shape index (κ1) is 54.3. The number of halogens is 2. The van der Waals surface area contributed by atoms with E-state index in [-0.39, 0.29) is 50.0 Å². The number of carbonyl (C=O) groups excluding carboxylic acids is 5. The molecule has 2 heterocycles. The molecule has 5 rings (SSSR count). The minimum atomic E-state index is -1.75. The molecule has 2 aliphatic heterocycles. The van der Waals surface area contributed by atoms with Gasteiger partial charge in [-0.05, 0) is 110 Å². The van der Waals surface area contributed by atoms with Gasteiger partial charge in [0.2, 0.25) is 11.8 Å². The van der Waals surface area contributed by atoms with Gasteiger partial charge in [0, 0.05) is 32.2 Å². The summed E-state index contributed by atoms with van der Waals surface area (Å²) in [4.78, 5) is 71.8. The predicted octanol–water partition coefficient (Wildman–Crippen LogP) is 8.56. The number of hydrogen-bond donors (Lipinski definition) is 2. The van der Waals surface area contributed by atoms with Crippen molar-refractivity contribution in [2.45, 2.75) is 142 Å². The van der Waals surface area contributed by atoms with Crippen LogP contribution in [-0.2, 0) is 43.3 Å². The van der Waals surface area contributed by atoms with Crippen molar-refractivity contribution in [3.8, 4) is 0 Å². The Labute approximate surface area is 399 Å². The summed E-state index contributed by atoms with van der Waals surface area (Å²) in [5.41, 5.74) is -0.402. The molecule has 2 aliphatic rings. The first-order valence-corrected chi connectivity index (χ1v) is 22.8. The zero-order valence-electron chi connectivity index (χ0n) is 40.9. The Morgan fingerprint density at radius 1 is 0.706 bits per heavy atom. The fraction of sp³-hybridized carbons (Fsp3) is 0.481. The van der Waals surface area contributed by atoms with Crippen LogP contribution in [0.3, 0.4) is 0 Å². The second-order valence-electron chi connectivity index (χ2n) is 20.0. The Morgan fingerprint density at radius 3 is 1.68 bits per heavy atom. The highest BCUT2D eigenvalue weighted by molar-refractivity contribution is 5.88. The molecule has 5 amide bonds. The van der Waals surface area contributed by atoms with E-state index in [4.69, 9.17) is 14.2 Å². The number of hydrogen-bond acceptors (Lipinski definition) is 9. The second kappa shape index (κ2) is 23.6. The second-order valence-corrected chi connectivity index (χ2v) is 20.0. The van der Waals surface area contributed by atoms with Crippen LogP contribution < -0.4 is 5.32 Å². The quantitative estimate of drug-likeness (QED) is 0.127. The molecule has 2 N–H and O–H groups in total. The van der Waals surface area contributed by atoms with Gasteiger partial charge in [0.1, 0.15) is 47.1 Å². The van der Waals surface area contributed by atoms with E-state index in [1.165, 1.54) is 14.7 Å². The van der Waals surface area contributed by atoms with E-state index in [1.807, 2.05) is 81.4 Å². The van der Waals surface area contributed by atoms with Crippen LogP contribution in [0.1, 0.15) is 91.8 Å². The molecule has 0 bridgehead atoms. The van der Waals surface area contributed by atoms with Gasteiger partial charge in [-0.1, -0.05) is 72.8 Å². The Balaban J connectivity index is 0.000000353. The van der Waals surface area contributed by atoms with Gasteiger partial charge in [-0.2, -0.15) is 0 Å². The Bertz CT molecular complexity index is 2190. The lowest BCUT2D eigenvalue weighted by Gasteiger charge is -2.48. The van der Waals surface area contributed by atoms with Gasteiger partial charge in [-0.15, -0.1) is 13.2 Å². The zero-order valence-corrected chi connectivity index (χ0v) is 40.9. The molecule has 3 aromatic carbocycles. The number of alkyl carbamates (subject to hydrolysis) is 1. The minimum absolute atomic E-state index is 0.0419. The monoisotopic (exact) mass is 946 g/mol. The Morgan fingerprint density at radius 2 is 1.18 bits per heavy atom. The molecule has 0 aromatic heterocycles. The summed E-state index contributed by atoms with van der Waals surface area (Å²) >= 11 is 0. The van der Waals surface area contributed by atoms with Crippen LogP contribution in [0.15, 0.2) is 104 Å². The molecule has 0 radical (unpaired) electrons. The molecule has 2 saturated heterocycles. The van der Waals surface area contributed by atoms with Crippen molar-refractivity contribution in [3.63, 3.8) is 0 Å². The number of benzene rings is 3. The maximum absolute atomic E-state index is 14.2. The summed E-state index contributed by atoms with van der Waals surface area (Å²) in [5, 5.41) is 14.5. The van der Waals surface area contributed by atoms with Gasteiger partial charge in [-0.25, -0.2) is 23.2 Å². The number of piperazine rings is 2. The minimum Gasteiger partial charge on any atom is -0.444 e. The zero-order chi connectivity index (χ0) is 50.6. The summed E-state index contributed by atoms with van der Waals surface area (Å²) in [6, 6.07) is 18.3. The maximum Gasteiger partial charge on any atom is 0.411 e. The summed E-state index contributed by atoms with van der Waals surface area (Å²) < 4.78 is 44.8. The highest BCUT2D eigenvalue weighted by atomic mass is 19.1. The summed E-state index contributed by atoms with van der Waals surface area (Å²) in [7, 11) is 0. The fourth-order valence-electron chi connectivity index (χ4n) is 7.81. The first-order valence-electron chi connectivity index (χ1n) is 22.8. The highest BCUT2D eigenvalue weighted by Gasteiger charge is 2.50. The molecule has 1 unspecified atom stereocenters. The van der Waals surface area contributed by atoms with Crippen LogP contribution in [0.4, 0.5) is 23.2 Å². The molecule has 68 heavy (non-hydrogen) atoms. The molecule has 16 heteroatoms. The lowest BCUT2D eigenvalue weighted by molar-refractivity contribution is -0.152. The van der Waals surface area contributed by atoms with Gasteiger partial charge >= 0.3 is 18.3 Å². The van der Waals surface area contributed by atoms with Crippen molar-refractivity contribution < 1.29 is 52.1 Å². The van der Waals surface area contributed by atoms with Crippen LogP contribution in [0.2, 0.25) is 0 Å². The molecule has 0 aliphatic carbocycles. The van der Waals surface area contributed by atoms with E-state index in [1.54, 1.807) is 58.6 Å². The third-order valence-corrected chi connectivity index (χ3v) is 10.6. The molecule has 3 aromatic rings. The molecule has 5 atom stereocenters. The number of nitrogens with one attached hydrogen (secondary N) is 1. The summed E-state index contributed by atoms with van der Waals surface area (Å²) in [6.07, 6.45) is 0.0289. The van der Waals surface area contributed by atoms with E-state index in [0.717, 1.165) is 23.3 Å². The average Bonchev–Trinajstić information content (AvgIpc) is 3.21. The van der Waals surface area contributed by atoms with Gasteiger partial charge < -0.3 is 34.4 Å². The van der Waals surface area contributed by atoms with Gasteiger partial charge in [0.15, 0.2) is 0 Å². The standard InChI is InChI=1S/C33H43F2N3O6.C19H26N2O3/c1-8-12-25-20-37(19-21-13-10-9-11-14-21)29(40)27(38(25)31(42)44-33(5,6)7)28(39)26(36-30(41)43-32(2,3)4)17-22-15-23(34)18-24(35)16-22;1-5-9-16-13-20(12-15-10-7-6-8-11-15)17(22)14-21(16)18(23)24-19(2,3)4/h8-11,13-16,18,25-28,39H,1,12,17,19-20H2,2-7H3,(H,36,41);5-8,10-11,16H,1,9,12-14H2,2-4H3/t25-,26-,27-,28?;16-/m00/s1. The summed E-state index contributed by atoms with van der Waals surface area (Å²) in [6.45, 7) is 24.4. The predicted molar refractivity (Wildman–Crippen MR) is 255 cm³/mol. The normalized spacial score (nSPS) is 18.7. The number of nitrogens with zero attached hydrogens (tertiary/aromatic N) is 4. The molecule has 0 spiro atoms. The number of amides is 5. The highest BCUT2D eigenvalue weighted by Crippen LogP contribution is 2.29. The van der Waals surface area contributed by atoms with Crippen LogP contribution in [0.25, 0.3) is 0 Å². The third kappa shape index (κ3) is 16.8. The molecule has 2 fully saturated rings.